The molecule has 0 fully saturated rings. The molecule has 1 aromatic rings. The Morgan fingerprint density at radius 2 is 1.87 bits per heavy atom. The summed E-state index contributed by atoms with van der Waals surface area (Å²) >= 11 is 0. The molecule has 0 saturated heterocycles. The number of hydrogen-bond acceptors (Lipinski definition) is 3. The molecule has 3 nitrogen and oxygen atoms in total. The van der Waals surface area contributed by atoms with Gasteiger partial charge in [0.1, 0.15) is 0 Å². The summed E-state index contributed by atoms with van der Waals surface area (Å²) in [6.07, 6.45) is 0.197. The third-order valence-electron chi connectivity index (χ3n) is 2.10. The summed E-state index contributed by atoms with van der Waals surface area (Å²) in [6.45, 7) is 5.83. The van der Waals surface area contributed by atoms with Gasteiger partial charge in [-0.1, -0.05) is 32.0 Å². The van der Waals surface area contributed by atoms with Gasteiger partial charge in [0, 0.05) is 0 Å². The van der Waals surface area contributed by atoms with Crippen molar-refractivity contribution < 1.29 is 14.3 Å². The van der Waals surface area contributed by atoms with Gasteiger partial charge in [-0.05, 0) is 18.1 Å². The number of carbonyl (C=O) groups is 2. The van der Waals surface area contributed by atoms with Crippen molar-refractivity contribution >= 4 is 11.9 Å². The standard InChI is InChI=1S/C10H8O3.C2H6/c1-6-3-2-4-7-5-8(11)13-10(12)9(6)7;1-2/h2-4H,5H2,1H3;1-2H3. The van der Waals surface area contributed by atoms with E-state index in [1.807, 2.05) is 32.9 Å². The number of aryl methyl sites for hydroxylation is 1. The molecule has 0 unspecified atom stereocenters. The number of ether oxygens (including phenoxy) is 1. The fourth-order valence-corrected chi connectivity index (χ4v) is 1.51. The number of hydrogen-bond donors (Lipinski definition) is 0. The first kappa shape index (κ1) is 11.4. The van der Waals surface area contributed by atoms with Crippen LogP contribution in [0, 0.1) is 6.92 Å². The summed E-state index contributed by atoms with van der Waals surface area (Å²) in [5.74, 6) is -0.993. The number of carbonyl (C=O) groups excluding carboxylic acids is 2. The normalized spacial score (nSPS) is 13.5. The topological polar surface area (TPSA) is 43.4 Å². The van der Waals surface area contributed by atoms with Gasteiger partial charge >= 0.3 is 11.9 Å². The van der Waals surface area contributed by atoms with Gasteiger partial charge < -0.3 is 4.74 Å². The van der Waals surface area contributed by atoms with Crippen LogP contribution >= 0.6 is 0 Å². The van der Waals surface area contributed by atoms with Gasteiger partial charge in [0.05, 0.1) is 12.0 Å². The predicted octanol–water partition coefficient (Wildman–Crippen LogP) is 2.26. The largest absolute Gasteiger partial charge is 0.389 e. The van der Waals surface area contributed by atoms with E-state index in [2.05, 4.69) is 4.74 Å². The van der Waals surface area contributed by atoms with Gasteiger partial charge in [-0.15, -0.1) is 0 Å². The third kappa shape index (κ3) is 2.24. The molecule has 0 bridgehead atoms. The zero-order chi connectivity index (χ0) is 11.4. The van der Waals surface area contributed by atoms with Crippen molar-refractivity contribution in [2.45, 2.75) is 27.2 Å². The van der Waals surface area contributed by atoms with E-state index in [1.165, 1.54) is 0 Å². The van der Waals surface area contributed by atoms with E-state index in [9.17, 15) is 9.59 Å². The molecule has 3 heteroatoms. The zero-order valence-electron chi connectivity index (χ0n) is 9.16. The second-order valence-corrected chi connectivity index (χ2v) is 3.05. The minimum absolute atomic E-state index is 0.197. The number of cyclic esters (lactones) is 2. The van der Waals surface area contributed by atoms with Gasteiger partial charge in [-0.2, -0.15) is 0 Å². The highest BCUT2D eigenvalue weighted by Gasteiger charge is 2.25. The molecule has 1 aliphatic rings. The van der Waals surface area contributed by atoms with E-state index in [0.29, 0.717) is 5.56 Å². The molecule has 0 aliphatic carbocycles. The first-order chi connectivity index (χ1) is 7.18. The zero-order valence-corrected chi connectivity index (χ0v) is 9.16. The lowest BCUT2D eigenvalue weighted by atomic mass is 9.98. The minimum atomic E-state index is -0.524. The lowest BCUT2D eigenvalue weighted by Crippen LogP contribution is -2.23. The first-order valence-corrected chi connectivity index (χ1v) is 5.02. The Morgan fingerprint density at radius 3 is 2.53 bits per heavy atom. The molecular weight excluding hydrogens is 192 g/mol. The summed E-state index contributed by atoms with van der Waals surface area (Å²) in [6, 6.07) is 5.44. The van der Waals surface area contributed by atoms with Crippen molar-refractivity contribution in [3.8, 4) is 0 Å². The molecule has 1 heterocycles. The fraction of sp³-hybridized carbons (Fsp3) is 0.333. The van der Waals surface area contributed by atoms with Crippen LogP contribution in [0.15, 0.2) is 18.2 Å². The molecule has 1 aromatic carbocycles. The lowest BCUT2D eigenvalue weighted by Gasteiger charge is -2.15. The van der Waals surface area contributed by atoms with Crippen LogP contribution in [0.5, 0.6) is 0 Å². The Morgan fingerprint density at radius 1 is 1.20 bits per heavy atom. The van der Waals surface area contributed by atoms with Crippen molar-refractivity contribution in [2.75, 3.05) is 0 Å². The third-order valence-corrected chi connectivity index (χ3v) is 2.10. The Kier molecular flexibility index (Phi) is 3.61. The molecule has 0 amide bonds. The van der Waals surface area contributed by atoms with Crippen LogP contribution < -0.4 is 0 Å². The van der Waals surface area contributed by atoms with Crippen LogP contribution in [0.3, 0.4) is 0 Å². The Labute approximate surface area is 89.1 Å². The van der Waals surface area contributed by atoms with Crippen LogP contribution in [-0.2, 0) is 16.0 Å². The Hall–Kier alpha value is -1.64. The molecule has 0 spiro atoms. The monoisotopic (exact) mass is 206 g/mol. The van der Waals surface area contributed by atoms with Gasteiger partial charge in [0.15, 0.2) is 0 Å². The molecule has 0 atom stereocenters. The summed E-state index contributed by atoms with van der Waals surface area (Å²) in [7, 11) is 0. The van der Waals surface area contributed by atoms with Crippen molar-refractivity contribution in [3.63, 3.8) is 0 Å². The minimum Gasteiger partial charge on any atom is -0.389 e. The van der Waals surface area contributed by atoms with Crippen molar-refractivity contribution in [1.82, 2.24) is 0 Å². The molecule has 15 heavy (non-hydrogen) atoms. The highest BCUT2D eigenvalue weighted by Crippen LogP contribution is 2.20. The Balaban J connectivity index is 0.000000531. The average molecular weight is 206 g/mol. The van der Waals surface area contributed by atoms with Crippen LogP contribution in [0.1, 0.15) is 35.3 Å². The van der Waals surface area contributed by atoms with Gasteiger partial charge in [0.2, 0.25) is 0 Å². The van der Waals surface area contributed by atoms with Gasteiger partial charge in [-0.3, -0.25) is 4.79 Å². The molecule has 0 radical (unpaired) electrons. The second kappa shape index (κ2) is 4.73. The molecular formula is C12H14O3. The highest BCUT2D eigenvalue weighted by molar-refractivity contribution is 6.03. The van der Waals surface area contributed by atoms with Crippen LogP contribution in [0.2, 0.25) is 0 Å². The maximum Gasteiger partial charge on any atom is 0.346 e. The quantitative estimate of drug-likeness (QED) is 0.483. The van der Waals surface area contributed by atoms with Crippen LogP contribution in [0.25, 0.3) is 0 Å². The van der Waals surface area contributed by atoms with E-state index in [0.717, 1.165) is 11.1 Å². The van der Waals surface area contributed by atoms with Crippen molar-refractivity contribution in [1.29, 1.82) is 0 Å². The molecule has 0 aromatic heterocycles. The lowest BCUT2D eigenvalue weighted by molar-refractivity contribution is -0.137. The molecule has 0 saturated carbocycles. The maximum atomic E-state index is 11.3. The summed E-state index contributed by atoms with van der Waals surface area (Å²) in [5, 5.41) is 0. The number of fused-ring (bicyclic) bond motifs is 1. The van der Waals surface area contributed by atoms with Gasteiger partial charge in [0.25, 0.3) is 0 Å². The summed E-state index contributed by atoms with van der Waals surface area (Å²) in [4.78, 5) is 22.2. The van der Waals surface area contributed by atoms with E-state index in [1.54, 1.807) is 6.07 Å². The van der Waals surface area contributed by atoms with E-state index >= 15 is 0 Å². The Bertz CT molecular complexity index is 394. The first-order valence-electron chi connectivity index (χ1n) is 5.02. The smallest absolute Gasteiger partial charge is 0.346 e. The SMILES string of the molecule is CC.Cc1cccc2c1C(=O)OC(=O)C2. The maximum absolute atomic E-state index is 11.3. The molecule has 80 valence electrons. The van der Waals surface area contributed by atoms with Gasteiger partial charge in [-0.25, -0.2) is 4.79 Å². The van der Waals surface area contributed by atoms with Crippen molar-refractivity contribution in [2.24, 2.45) is 0 Å². The number of rotatable bonds is 0. The number of benzene rings is 1. The average Bonchev–Trinajstić information content (AvgIpc) is 2.19. The van der Waals surface area contributed by atoms with E-state index < -0.39 is 11.9 Å². The van der Waals surface area contributed by atoms with Crippen LogP contribution in [-0.4, -0.2) is 11.9 Å². The van der Waals surface area contributed by atoms with Crippen LogP contribution in [0.4, 0.5) is 0 Å². The van der Waals surface area contributed by atoms with Crippen molar-refractivity contribution in [3.05, 3.63) is 34.9 Å². The fourth-order valence-electron chi connectivity index (χ4n) is 1.51. The molecule has 0 N–H and O–H groups in total. The number of esters is 2. The molecule has 1 aliphatic heterocycles. The summed E-state index contributed by atoms with van der Waals surface area (Å²) < 4.78 is 4.52. The molecule has 2 rings (SSSR count). The van der Waals surface area contributed by atoms with E-state index in [4.69, 9.17) is 0 Å². The predicted molar refractivity (Wildman–Crippen MR) is 56.7 cm³/mol. The van der Waals surface area contributed by atoms with E-state index in [-0.39, 0.29) is 6.42 Å². The summed E-state index contributed by atoms with van der Waals surface area (Å²) in [5.41, 5.74) is 2.17. The second-order valence-electron chi connectivity index (χ2n) is 3.05. The highest BCUT2D eigenvalue weighted by atomic mass is 16.6.